The van der Waals surface area contributed by atoms with Crippen LogP contribution in [0.1, 0.15) is 18.1 Å². The van der Waals surface area contributed by atoms with Gasteiger partial charge in [0, 0.05) is 12.6 Å². The first-order valence-electron chi connectivity index (χ1n) is 6.80. The third-order valence-corrected chi connectivity index (χ3v) is 2.97. The number of hydrogen-bond donors (Lipinski definition) is 2. The molecule has 1 aromatic heterocycles. The highest BCUT2D eigenvalue weighted by Crippen LogP contribution is 2.15. The van der Waals surface area contributed by atoms with Gasteiger partial charge < -0.3 is 15.2 Å². The topological polar surface area (TPSA) is 71.5 Å². The van der Waals surface area contributed by atoms with Crippen LogP contribution < -0.4 is 10.1 Å². The molecule has 5 heteroatoms. The Bertz CT molecular complexity index is 597. The molecular weight excluding hydrogens is 268 g/mol. The summed E-state index contributed by atoms with van der Waals surface area (Å²) >= 11 is 0. The van der Waals surface area contributed by atoms with Crippen LogP contribution >= 0.6 is 0 Å². The van der Waals surface area contributed by atoms with Crippen molar-refractivity contribution >= 4 is 11.7 Å². The first-order chi connectivity index (χ1) is 10.2. The summed E-state index contributed by atoms with van der Waals surface area (Å²) in [6.45, 7) is 3.05. The van der Waals surface area contributed by atoms with Gasteiger partial charge in [-0.15, -0.1) is 0 Å². The number of hydrogen-bond acceptors (Lipinski definition) is 4. The summed E-state index contributed by atoms with van der Waals surface area (Å²) in [4.78, 5) is 15.0. The van der Waals surface area contributed by atoms with Gasteiger partial charge in [-0.3, -0.25) is 4.79 Å². The molecule has 1 aromatic carbocycles. The second kappa shape index (κ2) is 7.28. The van der Waals surface area contributed by atoms with Crippen LogP contribution in [-0.4, -0.2) is 22.7 Å². The van der Waals surface area contributed by atoms with Gasteiger partial charge in [-0.2, -0.15) is 0 Å². The van der Waals surface area contributed by atoms with Crippen LogP contribution in [0.25, 0.3) is 0 Å². The van der Waals surface area contributed by atoms with E-state index in [2.05, 4.69) is 10.3 Å². The zero-order valence-electron chi connectivity index (χ0n) is 11.9. The molecular formula is C16H18N2O3. The molecule has 5 nitrogen and oxygen atoms in total. The van der Waals surface area contributed by atoms with Crippen LogP contribution in [0.3, 0.4) is 0 Å². The van der Waals surface area contributed by atoms with Gasteiger partial charge in [-0.25, -0.2) is 4.98 Å². The molecule has 0 amide bonds. The fourth-order valence-electron chi connectivity index (χ4n) is 1.98. The van der Waals surface area contributed by atoms with Crippen LogP contribution in [0.5, 0.6) is 5.88 Å². The number of aromatic nitrogens is 1. The quantitative estimate of drug-likeness (QED) is 0.819. The minimum atomic E-state index is -0.829. The molecule has 0 saturated carbocycles. The third-order valence-electron chi connectivity index (χ3n) is 2.97. The number of anilines is 1. The molecule has 0 aliphatic heterocycles. The van der Waals surface area contributed by atoms with E-state index in [1.165, 1.54) is 0 Å². The van der Waals surface area contributed by atoms with Gasteiger partial charge in [0.15, 0.2) is 0 Å². The lowest BCUT2D eigenvalue weighted by molar-refractivity contribution is -0.136. The molecule has 0 aliphatic rings. The number of benzene rings is 1. The first-order valence-corrected chi connectivity index (χ1v) is 6.80. The van der Waals surface area contributed by atoms with Crippen LogP contribution in [0.2, 0.25) is 0 Å². The predicted octanol–water partition coefficient (Wildman–Crippen LogP) is 2.72. The summed E-state index contributed by atoms with van der Waals surface area (Å²) in [5.41, 5.74) is 2.65. The van der Waals surface area contributed by atoms with Gasteiger partial charge in [0.05, 0.1) is 24.9 Å². The van der Waals surface area contributed by atoms with Gasteiger partial charge >= 0.3 is 5.97 Å². The lowest BCUT2D eigenvalue weighted by Crippen LogP contribution is -2.07. The highest BCUT2D eigenvalue weighted by Gasteiger charge is 2.06. The predicted molar refractivity (Wildman–Crippen MR) is 80.5 cm³/mol. The Balaban J connectivity index is 2.00. The van der Waals surface area contributed by atoms with Crippen LogP contribution in [0.15, 0.2) is 42.6 Å². The largest absolute Gasteiger partial charge is 0.481 e. The van der Waals surface area contributed by atoms with Crippen LogP contribution in [0, 0.1) is 0 Å². The van der Waals surface area contributed by atoms with E-state index in [0.717, 1.165) is 16.8 Å². The molecule has 0 atom stereocenters. The zero-order chi connectivity index (χ0) is 15.1. The zero-order valence-corrected chi connectivity index (χ0v) is 11.9. The maximum atomic E-state index is 10.8. The SMILES string of the molecule is CCOc1ccc(NCc2ccccc2CC(=O)O)cn1. The average molecular weight is 286 g/mol. The summed E-state index contributed by atoms with van der Waals surface area (Å²) in [6.07, 6.45) is 1.73. The van der Waals surface area contributed by atoms with Gasteiger partial charge in [0.25, 0.3) is 0 Å². The Kier molecular flexibility index (Phi) is 5.15. The van der Waals surface area contributed by atoms with Crippen molar-refractivity contribution in [2.45, 2.75) is 19.9 Å². The summed E-state index contributed by atoms with van der Waals surface area (Å²) in [5, 5.41) is 12.1. The Morgan fingerprint density at radius 3 is 2.62 bits per heavy atom. The first kappa shape index (κ1) is 14.8. The summed E-state index contributed by atoms with van der Waals surface area (Å²) in [6, 6.07) is 11.2. The molecule has 0 radical (unpaired) electrons. The number of rotatable bonds is 7. The Hall–Kier alpha value is -2.56. The number of carboxylic acid groups (broad SMARTS) is 1. The molecule has 0 saturated heterocycles. The van der Waals surface area contributed by atoms with Crippen molar-refractivity contribution in [1.29, 1.82) is 0 Å². The fraction of sp³-hybridized carbons (Fsp3) is 0.250. The van der Waals surface area contributed by atoms with E-state index in [1.807, 2.05) is 37.3 Å². The highest BCUT2D eigenvalue weighted by molar-refractivity contribution is 5.70. The van der Waals surface area contributed by atoms with Gasteiger partial charge in [-0.1, -0.05) is 24.3 Å². The Morgan fingerprint density at radius 1 is 1.24 bits per heavy atom. The number of nitrogens with zero attached hydrogens (tertiary/aromatic N) is 1. The maximum Gasteiger partial charge on any atom is 0.307 e. The second-order valence-electron chi connectivity index (χ2n) is 4.51. The number of carbonyl (C=O) groups is 1. The lowest BCUT2D eigenvalue weighted by Gasteiger charge is -2.10. The Labute approximate surface area is 123 Å². The van der Waals surface area contributed by atoms with E-state index >= 15 is 0 Å². The van der Waals surface area contributed by atoms with E-state index in [0.29, 0.717) is 19.0 Å². The van der Waals surface area contributed by atoms with Crippen LogP contribution in [0.4, 0.5) is 5.69 Å². The van der Waals surface area contributed by atoms with E-state index in [9.17, 15) is 4.79 Å². The summed E-state index contributed by atoms with van der Waals surface area (Å²) in [7, 11) is 0. The van der Waals surface area contributed by atoms with E-state index < -0.39 is 5.97 Å². The number of carboxylic acids is 1. The summed E-state index contributed by atoms with van der Waals surface area (Å²) < 4.78 is 5.28. The monoisotopic (exact) mass is 286 g/mol. The molecule has 0 fully saturated rings. The lowest BCUT2D eigenvalue weighted by atomic mass is 10.0. The van der Waals surface area contributed by atoms with Crippen molar-refractivity contribution < 1.29 is 14.6 Å². The van der Waals surface area contributed by atoms with Crippen molar-refractivity contribution in [1.82, 2.24) is 4.98 Å². The number of ether oxygens (including phenoxy) is 1. The van der Waals surface area contributed by atoms with Gasteiger partial charge in [-0.05, 0) is 24.1 Å². The van der Waals surface area contributed by atoms with Crippen molar-refractivity contribution in [3.8, 4) is 5.88 Å². The normalized spacial score (nSPS) is 10.1. The van der Waals surface area contributed by atoms with Gasteiger partial charge in [0.1, 0.15) is 0 Å². The summed E-state index contributed by atoms with van der Waals surface area (Å²) in [5.74, 6) is -0.237. The number of nitrogens with one attached hydrogen (secondary N) is 1. The molecule has 2 rings (SSSR count). The molecule has 0 spiro atoms. The van der Waals surface area contributed by atoms with E-state index in [4.69, 9.17) is 9.84 Å². The number of aliphatic carboxylic acids is 1. The minimum absolute atomic E-state index is 0.0272. The molecule has 110 valence electrons. The molecule has 2 N–H and O–H groups in total. The van der Waals surface area contributed by atoms with Crippen molar-refractivity contribution in [2.24, 2.45) is 0 Å². The van der Waals surface area contributed by atoms with Crippen molar-refractivity contribution in [3.05, 3.63) is 53.7 Å². The molecule has 2 aromatic rings. The fourth-order valence-corrected chi connectivity index (χ4v) is 1.98. The molecule has 0 aliphatic carbocycles. The van der Waals surface area contributed by atoms with Crippen LogP contribution in [-0.2, 0) is 17.8 Å². The smallest absolute Gasteiger partial charge is 0.307 e. The minimum Gasteiger partial charge on any atom is -0.481 e. The average Bonchev–Trinajstić information content (AvgIpc) is 2.48. The second-order valence-corrected chi connectivity index (χ2v) is 4.51. The standard InChI is InChI=1S/C16H18N2O3/c1-2-21-15-8-7-14(11-18-15)17-10-13-6-4-3-5-12(13)9-16(19)20/h3-8,11,17H,2,9-10H2,1H3,(H,19,20). The van der Waals surface area contributed by atoms with Crippen molar-refractivity contribution in [2.75, 3.05) is 11.9 Å². The molecule has 1 heterocycles. The molecule has 0 bridgehead atoms. The molecule has 21 heavy (non-hydrogen) atoms. The number of pyridine rings is 1. The van der Waals surface area contributed by atoms with Crippen molar-refractivity contribution in [3.63, 3.8) is 0 Å². The highest BCUT2D eigenvalue weighted by atomic mass is 16.5. The Morgan fingerprint density at radius 2 is 2.00 bits per heavy atom. The van der Waals surface area contributed by atoms with E-state index in [-0.39, 0.29) is 6.42 Å². The maximum absolute atomic E-state index is 10.8. The molecule has 0 unspecified atom stereocenters. The van der Waals surface area contributed by atoms with E-state index in [1.54, 1.807) is 12.3 Å². The third kappa shape index (κ3) is 4.49. The van der Waals surface area contributed by atoms with Gasteiger partial charge in [0.2, 0.25) is 5.88 Å².